The van der Waals surface area contributed by atoms with Crippen molar-refractivity contribution in [2.75, 3.05) is 7.11 Å². The van der Waals surface area contributed by atoms with Crippen molar-refractivity contribution >= 4 is 11.3 Å². The standard InChI is InChI=1S/C14H18N2O2S/c1-9-7-16-14(19-9)10(2)15-8-11-4-5-13(18-3)12(17)6-11/h4-7,10,15,17H,8H2,1-3H3. The fourth-order valence-corrected chi connectivity index (χ4v) is 2.58. The van der Waals surface area contributed by atoms with Crippen LogP contribution in [0.4, 0.5) is 0 Å². The second kappa shape index (κ2) is 6.04. The number of nitrogens with zero attached hydrogens (tertiary/aromatic N) is 1. The molecule has 0 radical (unpaired) electrons. The third-order valence-electron chi connectivity index (χ3n) is 2.87. The van der Waals surface area contributed by atoms with E-state index in [4.69, 9.17) is 4.74 Å². The van der Waals surface area contributed by atoms with Gasteiger partial charge in [0.1, 0.15) is 5.01 Å². The van der Waals surface area contributed by atoms with Gasteiger partial charge in [-0.15, -0.1) is 11.3 Å². The molecular weight excluding hydrogens is 260 g/mol. The van der Waals surface area contributed by atoms with E-state index in [0.717, 1.165) is 10.6 Å². The van der Waals surface area contributed by atoms with Gasteiger partial charge in [0.15, 0.2) is 11.5 Å². The average Bonchev–Trinajstić information content (AvgIpc) is 2.83. The first-order valence-electron chi connectivity index (χ1n) is 6.11. The van der Waals surface area contributed by atoms with Crippen molar-refractivity contribution in [2.45, 2.75) is 26.4 Å². The normalized spacial score (nSPS) is 12.4. The molecule has 2 rings (SSSR count). The minimum Gasteiger partial charge on any atom is -0.504 e. The number of phenols is 1. The highest BCUT2D eigenvalue weighted by Gasteiger charge is 2.09. The molecule has 102 valence electrons. The summed E-state index contributed by atoms with van der Waals surface area (Å²) in [6.07, 6.45) is 1.89. The lowest BCUT2D eigenvalue weighted by atomic mass is 10.2. The van der Waals surface area contributed by atoms with E-state index in [1.165, 1.54) is 4.88 Å². The van der Waals surface area contributed by atoms with E-state index < -0.39 is 0 Å². The van der Waals surface area contributed by atoms with Gasteiger partial charge in [-0.25, -0.2) is 4.98 Å². The van der Waals surface area contributed by atoms with Gasteiger partial charge in [-0.3, -0.25) is 0 Å². The van der Waals surface area contributed by atoms with Crippen molar-refractivity contribution < 1.29 is 9.84 Å². The molecule has 1 aromatic carbocycles. The summed E-state index contributed by atoms with van der Waals surface area (Å²) in [7, 11) is 1.54. The molecule has 0 aliphatic heterocycles. The largest absolute Gasteiger partial charge is 0.504 e. The maximum atomic E-state index is 9.71. The second-order valence-electron chi connectivity index (χ2n) is 4.42. The van der Waals surface area contributed by atoms with E-state index in [9.17, 15) is 5.11 Å². The van der Waals surface area contributed by atoms with Crippen LogP contribution in [0.2, 0.25) is 0 Å². The van der Waals surface area contributed by atoms with Crippen molar-refractivity contribution in [3.63, 3.8) is 0 Å². The fourth-order valence-electron chi connectivity index (χ4n) is 1.78. The summed E-state index contributed by atoms with van der Waals surface area (Å²) in [6, 6.07) is 5.62. The lowest BCUT2D eigenvalue weighted by molar-refractivity contribution is 0.373. The summed E-state index contributed by atoms with van der Waals surface area (Å²) < 4.78 is 5.02. The van der Waals surface area contributed by atoms with Gasteiger partial charge in [-0.2, -0.15) is 0 Å². The minimum absolute atomic E-state index is 0.166. The SMILES string of the molecule is COc1ccc(CNC(C)c2ncc(C)s2)cc1O. The lowest BCUT2D eigenvalue weighted by Gasteiger charge is -2.12. The number of ether oxygens (including phenoxy) is 1. The third kappa shape index (κ3) is 3.45. The number of nitrogens with one attached hydrogen (secondary N) is 1. The number of benzene rings is 1. The number of aromatic hydroxyl groups is 1. The van der Waals surface area contributed by atoms with Crippen LogP contribution in [-0.4, -0.2) is 17.2 Å². The van der Waals surface area contributed by atoms with Gasteiger partial charge in [-0.1, -0.05) is 6.07 Å². The van der Waals surface area contributed by atoms with Crippen molar-refractivity contribution in [1.82, 2.24) is 10.3 Å². The molecule has 1 atom stereocenters. The van der Waals surface area contributed by atoms with Crippen LogP contribution < -0.4 is 10.1 Å². The first kappa shape index (κ1) is 13.8. The Morgan fingerprint density at radius 1 is 1.47 bits per heavy atom. The number of hydrogen-bond acceptors (Lipinski definition) is 5. The maximum Gasteiger partial charge on any atom is 0.160 e. The molecule has 19 heavy (non-hydrogen) atoms. The second-order valence-corrected chi connectivity index (χ2v) is 5.68. The molecule has 0 spiro atoms. The maximum absolute atomic E-state index is 9.71. The first-order chi connectivity index (χ1) is 9.10. The van der Waals surface area contributed by atoms with E-state index >= 15 is 0 Å². The highest BCUT2D eigenvalue weighted by Crippen LogP contribution is 2.26. The Kier molecular flexibility index (Phi) is 4.39. The van der Waals surface area contributed by atoms with Gasteiger partial charge in [-0.05, 0) is 31.5 Å². The van der Waals surface area contributed by atoms with E-state index in [0.29, 0.717) is 12.3 Å². The molecule has 0 aliphatic carbocycles. The Morgan fingerprint density at radius 3 is 2.84 bits per heavy atom. The highest BCUT2D eigenvalue weighted by molar-refractivity contribution is 7.11. The molecule has 0 saturated heterocycles. The number of thiazole rings is 1. The quantitative estimate of drug-likeness (QED) is 0.882. The molecule has 2 N–H and O–H groups in total. The highest BCUT2D eigenvalue weighted by atomic mass is 32.1. The summed E-state index contributed by atoms with van der Waals surface area (Å²) in [5.74, 6) is 0.659. The Labute approximate surface area is 117 Å². The molecule has 0 fully saturated rings. The van der Waals surface area contributed by atoms with Crippen LogP contribution in [0.3, 0.4) is 0 Å². The van der Waals surface area contributed by atoms with Gasteiger partial charge < -0.3 is 15.2 Å². The topological polar surface area (TPSA) is 54.4 Å². The summed E-state index contributed by atoms with van der Waals surface area (Å²) >= 11 is 1.70. The molecule has 2 aromatic rings. The molecule has 5 heteroatoms. The van der Waals surface area contributed by atoms with E-state index in [1.54, 1.807) is 30.6 Å². The van der Waals surface area contributed by atoms with Crippen molar-refractivity contribution in [2.24, 2.45) is 0 Å². The molecule has 0 amide bonds. The lowest BCUT2D eigenvalue weighted by Crippen LogP contribution is -2.17. The van der Waals surface area contributed by atoms with Crippen LogP contribution in [0.15, 0.2) is 24.4 Å². The zero-order chi connectivity index (χ0) is 13.8. The fraction of sp³-hybridized carbons (Fsp3) is 0.357. The molecular formula is C14H18N2O2S. The van der Waals surface area contributed by atoms with E-state index in [2.05, 4.69) is 24.1 Å². The Morgan fingerprint density at radius 2 is 2.26 bits per heavy atom. The van der Waals surface area contributed by atoms with Crippen LogP contribution in [0, 0.1) is 6.92 Å². The molecule has 0 aliphatic rings. The Balaban J connectivity index is 1.97. The predicted molar refractivity (Wildman–Crippen MR) is 76.8 cm³/mol. The van der Waals surface area contributed by atoms with Crippen LogP contribution in [0.25, 0.3) is 0 Å². The monoisotopic (exact) mass is 278 g/mol. The van der Waals surface area contributed by atoms with Crippen LogP contribution in [0.1, 0.15) is 28.4 Å². The number of aryl methyl sites for hydroxylation is 1. The van der Waals surface area contributed by atoms with E-state index in [1.807, 2.05) is 12.3 Å². The van der Waals surface area contributed by atoms with Gasteiger partial charge in [0, 0.05) is 17.6 Å². The third-order valence-corrected chi connectivity index (χ3v) is 3.96. The van der Waals surface area contributed by atoms with E-state index in [-0.39, 0.29) is 11.8 Å². The zero-order valence-corrected chi connectivity index (χ0v) is 12.1. The smallest absolute Gasteiger partial charge is 0.160 e. The summed E-state index contributed by atoms with van der Waals surface area (Å²) in [5.41, 5.74) is 1.01. The summed E-state index contributed by atoms with van der Waals surface area (Å²) in [4.78, 5) is 5.57. The first-order valence-corrected chi connectivity index (χ1v) is 6.93. The molecule has 0 bridgehead atoms. The molecule has 1 unspecified atom stereocenters. The number of hydrogen-bond donors (Lipinski definition) is 2. The zero-order valence-electron chi connectivity index (χ0n) is 11.3. The van der Waals surface area contributed by atoms with Gasteiger partial charge in [0.05, 0.1) is 13.2 Å². The van der Waals surface area contributed by atoms with Crippen molar-refractivity contribution in [3.8, 4) is 11.5 Å². The number of aromatic nitrogens is 1. The summed E-state index contributed by atoms with van der Waals surface area (Å²) in [6.45, 7) is 4.81. The number of methoxy groups -OCH3 is 1. The van der Waals surface area contributed by atoms with Crippen LogP contribution in [-0.2, 0) is 6.54 Å². The van der Waals surface area contributed by atoms with Gasteiger partial charge in [0.2, 0.25) is 0 Å². The number of rotatable bonds is 5. The van der Waals surface area contributed by atoms with Crippen molar-refractivity contribution in [3.05, 3.63) is 39.8 Å². The summed E-state index contributed by atoms with van der Waals surface area (Å²) in [5, 5.41) is 14.2. The van der Waals surface area contributed by atoms with Crippen molar-refractivity contribution in [1.29, 1.82) is 0 Å². The van der Waals surface area contributed by atoms with Crippen LogP contribution >= 0.6 is 11.3 Å². The molecule has 1 heterocycles. The Bertz CT molecular complexity index is 554. The van der Waals surface area contributed by atoms with Gasteiger partial charge >= 0.3 is 0 Å². The minimum atomic E-state index is 0.166. The number of phenolic OH excluding ortho intramolecular Hbond substituents is 1. The average molecular weight is 278 g/mol. The molecule has 4 nitrogen and oxygen atoms in total. The predicted octanol–water partition coefficient (Wildman–Crippen LogP) is 3.02. The van der Waals surface area contributed by atoms with Gasteiger partial charge in [0.25, 0.3) is 0 Å². The Hall–Kier alpha value is -1.59. The molecule has 1 aromatic heterocycles. The van der Waals surface area contributed by atoms with Crippen LogP contribution in [0.5, 0.6) is 11.5 Å². The molecule has 0 saturated carbocycles.